The number of hydrogen-bond acceptors (Lipinski definition) is 4. The molecule has 1 saturated heterocycles. The fourth-order valence-electron chi connectivity index (χ4n) is 3.94. The molecular weight excluding hydrogens is 512 g/mol. The molecule has 0 aliphatic carbocycles. The summed E-state index contributed by atoms with van der Waals surface area (Å²) >= 11 is 12.0. The summed E-state index contributed by atoms with van der Waals surface area (Å²) in [6, 6.07) is 19.0. The molecule has 0 saturated carbocycles. The van der Waals surface area contributed by atoms with E-state index >= 15 is 0 Å². The Morgan fingerprint density at radius 3 is 2.17 bits per heavy atom. The third-order valence-electron chi connectivity index (χ3n) is 5.84. The van der Waals surface area contributed by atoms with Crippen molar-refractivity contribution in [2.45, 2.75) is 11.4 Å². The molecule has 0 radical (unpaired) electrons. The minimum absolute atomic E-state index is 0.00714. The van der Waals surface area contributed by atoms with Gasteiger partial charge in [0.2, 0.25) is 15.9 Å². The van der Waals surface area contributed by atoms with Crippen molar-refractivity contribution in [1.29, 1.82) is 0 Å². The van der Waals surface area contributed by atoms with Crippen LogP contribution >= 0.6 is 23.2 Å². The molecule has 1 aliphatic rings. The van der Waals surface area contributed by atoms with Gasteiger partial charge in [0.15, 0.2) is 0 Å². The molecular formula is C25H24Cl2FN3O3S. The second-order valence-electron chi connectivity index (χ2n) is 8.20. The molecule has 0 spiro atoms. The third kappa shape index (κ3) is 6.32. The van der Waals surface area contributed by atoms with Crippen molar-refractivity contribution >= 4 is 44.8 Å². The smallest absolute Gasteiger partial charge is 0.243 e. The first-order valence-corrected chi connectivity index (χ1v) is 13.2. The number of nitrogens with zero attached hydrogens (tertiary/aromatic N) is 3. The van der Waals surface area contributed by atoms with Crippen molar-refractivity contribution < 1.29 is 17.6 Å². The van der Waals surface area contributed by atoms with E-state index in [2.05, 4.69) is 4.90 Å². The lowest BCUT2D eigenvalue weighted by Gasteiger charge is -2.37. The first kappa shape index (κ1) is 25.4. The second-order valence-corrected chi connectivity index (χ2v) is 11.0. The number of sulfonamides is 1. The van der Waals surface area contributed by atoms with E-state index in [4.69, 9.17) is 23.2 Å². The molecule has 3 aromatic rings. The van der Waals surface area contributed by atoms with Gasteiger partial charge in [-0.3, -0.25) is 4.79 Å². The lowest BCUT2D eigenvalue weighted by Crippen LogP contribution is -2.51. The Bertz CT molecular complexity index is 1280. The largest absolute Gasteiger partial charge is 0.368 e. The third-order valence-corrected chi connectivity index (χ3v) is 8.13. The van der Waals surface area contributed by atoms with E-state index in [9.17, 15) is 17.6 Å². The number of piperazine rings is 1. The van der Waals surface area contributed by atoms with E-state index in [1.807, 2.05) is 0 Å². The maximum Gasteiger partial charge on any atom is 0.243 e. The van der Waals surface area contributed by atoms with Crippen LogP contribution in [-0.4, -0.2) is 56.3 Å². The number of carbonyl (C=O) groups excluding carboxylic acids is 1. The van der Waals surface area contributed by atoms with Gasteiger partial charge >= 0.3 is 0 Å². The molecule has 1 aliphatic heterocycles. The Labute approximate surface area is 214 Å². The van der Waals surface area contributed by atoms with Crippen LogP contribution in [0.1, 0.15) is 5.56 Å². The zero-order chi connectivity index (χ0) is 25.0. The summed E-state index contributed by atoms with van der Waals surface area (Å²) in [7, 11) is -3.98. The summed E-state index contributed by atoms with van der Waals surface area (Å²) in [6.45, 7) is 1.68. The first-order valence-electron chi connectivity index (χ1n) is 11.0. The average Bonchev–Trinajstić information content (AvgIpc) is 2.84. The molecule has 0 atom stereocenters. The van der Waals surface area contributed by atoms with Crippen molar-refractivity contribution in [2.75, 3.05) is 37.6 Å². The predicted octanol–water partition coefficient (Wildman–Crippen LogP) is 4.67. The van der Waals surface area contributed by atoms with Crippen molar-refractivity contribution in [2.24, 2.45) is 0 Å². The fourth-order valence-corrected chi connectivity index (χ4v) is 5.65. The van der Waals surface area contributed by atoms with Crippen molar-refractivity contribution in [3.8, 4) is 0 Å². The van der Waals surface area contributed by atoms with Crippen molar-refractivity contribution in [3.05, 3.63) is 94.2 Å². The highest BCUT2D eigenvalue weighted by molar-refractivity contribution is 7.89. The van der Waals surface area contributed by atoms with Gasteiger partial charge in [-0.25, -0.2) is 12.8 Å². The van der Waals surface area contributed by atoms with Crippen LogP contribution < -0.4 is 4.90 Å². The Morgan fingerprint density at radius 1 is 0.886 bits per heavy atom. The van der Waals surface area contributed by atoms with Crippen LogP contribution in [0.25, 0.3) is 0 Å². The molecule has 184 valence electrons. The number of rotatable bonds is 7. The zero-order valence-corrected chi connectivity index (χ0v) is 21.1. The van der Waals surface area contributed by atoms with E-state index in [0.717, 1.165) is 9.99 Å². The van der Waals surface area contributed by atoms with Crippen LogP contribution in [-0.2, 0) is 21.4 Å². The Balaban J connectivity index is 1.50. The first-order chi connectivity index (χ1) is 16.7. The topological polar surface area (TPSA) is 60.9 Å². The predicted molar refractivity (Wildman–Crippen MR) is 136 cm³/mol. The monoisotopic (exact) mass is 535 g/mol. The highest BCUT2D eigenvalue weighted by atomic mass is 35.5. The molecule has 1 heterocycles. The van der Waals surface area contributed by atoms with Crippen molar-refractivity contribution in [1.82, 2.24) is 9.21 Å². The summed E-state index contributed by atoms with van der Waals surface area (Å²) in [5, 5.41) is 0.898. The summed E-state index contributed by atoms with van der Waals surface area (Å²) in [6.07, 6.45) is 0. The van der Waals surface area contributed by atoms with Crippen LogP contribution in [0.2, 0.25) is 10.0 Å². The van der Waals surface area contributed by atoms with Gasteiger partial charge in [0.1, 0.15) is 5.82 Å². The maximum absolute atomic E-state index is 13.5. The number of halogens is 3. The normalized spacial score (nSPS) is 14.4. The molecule has 1 fully saturated rings. The molecule has 35 heavy (non-hydrogen) atoms. The van der Waals surface area contributed by atoms with E-state index in [1.54, 1.807) is 41.3 Å². The van der Waals surface area contributed by atoms with Crippen molar-refractivity contribution in [3.63, 3.8) is 0 Å². The number of carbonyl (C=O) groups is 1. The van der Waals surface area contributed by atoms with E-state index in [0.29, 0.717) is 41.8 Å². The Hall–Kier alpha value is -2.65. The van der Waals surface area contributed by atoms with E-state index < -0.39 is 10.0 Å². The molecule has 0 bridgehead atoms. The highest BCUT2D eigenvalue weighted by Crippen LogP contribution is 2.23. The van der Waals surface area contributed by atoms with Gasteiger partial charge in [-0.05, 0) is 66.2 Å². The minimum atomic E-state index is -3.98. The molecule has 0 N–H and O–H groups in total. The SMILES string of the molecule is O=C(CN(Cc1cccc(Cl)c1)S(=O)(=O)c1ccc(Cl)cc1)N1CCN(c2ccc(F)cc2)CC1. The van der Waals surface area contributed by atoms with Gasteiger partial charge in [-0.2, -0.15) is 4.31 Å². The summed E-state index contributed by atoms with van der Waals surface area (Å²) < 4.78 is 41.3. The lowest BCUT2D eigenvalue weighted by molar-refractivity contribution is -0.131. The van der Waals surface area contributed by atoms with Gasteiger partial charge in [0.25, 0.3) is 0 Å². The second kappa shape index (κ2) is 11.0. The number of amides is 1. The molecule has 10 heteroatoms. The quantitative estimate of drug-likeness (QED) is 0.441. The molecule has 3 aromatic carbocycles. The van der Waals surface area contributed by atoms with Gasteiger partial charge in [-0.15, -0.1) is 0 Å². The fraction of sp³-hybridized carbons (Fsp3) is 0.240. The average molecular weight is 536 g/mol. The van der Waals surface area contributed by atoms with E-state index in [-0.39, 0.29) is 29.7 Å². The highest BCUT2D eigenvalue weighted by Gasteiger charge is 2.30. The number of benzene rings is 3. The maximum atomic E-state index is 13.5. The lowest BCUT2D eigenvalue weighted by atomic mass is 10.2. The summed E-state index contributed by atoms with van der Waals surface area (Å²) in [5.74, 6) is -0.590. The molecule has 6 nitrogen and oxygen atoms in total. The molecule has 1 amide bonds. The van der Waals surface area contributed by atoms with Crippen LogP contribution in [0, 0.1) is 5.82 Å². The standard InChI is InChI=1S/C25H24Cl2FN3O3S/c26-20-4-10-24(11-5-20)35(33,34)31(17-19-2-1-3-21(27)16-19)18-25(32)30-14-12-29(13-15-30)23-8-6-22(28)7-9-23/h1-11,16H,12-15,17-18H2. The number of hydrogen-bond donors (Lipinski definition) is 0. The van der Waals surface area contributed by atoms with Gasteiger partial charge < -0.3 is 9.80 Å². The summed E-state index contributed by atoms with van der Waals surface area (Å²) in [5.41, 5.74) is 1.55. The number of anilines is 1. The molecule has 0 unspecified atom stereocenters. The van der Waals surface area contributed by atoms with Crippen LogP contribution in [0.15, 0.2) is 77.7 Å². The molecule has 0 aromatic heterocycles. The Kier molecular flexibility index (Phi) is 7.96. The zero-order valence-electron chi connectivity index (χ0n) is 18.8. The van der Waals surface area contributed by atoms with Gasteiger partial charge in [-0.1, -0.05) is 35.3 Å². The van der Waals surface area contributed by atoms with Gasteiger partial charge in [0, 0.05) is 48.5 Å². The van der Waals surface area contributed by atoms with E-state index in [1.165, 1.54) is 36.4 Å². The Morgan fingerprint density at radius 2 is 1.54 bits per heavy atom. The van der Waals surface area contributed by atoms with Gasteiger partial charge in [0.05, 0.1) is 11.4 Å². The molecule has 4 rings (SSSR count). The van der Waals surface area contributed by atoms with Crippen LogP contribution in [0.5, 0.6) is 0 Å². The summed E-state index contributed by atoms with van der Waals surface area (Å²) in [4.78, 5) is 17.0. The minimum Gasteiger partial charge on any atom is -0.368 e. The van der Waals surface area contributed by atoms with Crippen LogP contribution in [0.4, 0.5) is 10.1 Å². The van der Waals surface area contributed by atoms with Crippen LogP contribution in [0.3, 0.4) is 0 Å².